The van der Waals surface area contributed by atoms with Crippen molar-refractivity contribution in [3.05, 3.63) is 36.3 Å². The summed E-state index contributed by atoms with van der Waals surface area (Å²) in [4.78, 5) is 11.1. The molecule has 1 aromatic carbocycles. The highest BCUT2D eigenvalue weighted by atomic mass is 16.5. The van der Waals surface area contributed by atoms with Gasteiger partial charge in [-0.2, -0.15) is 0 Å². The van der Waals surface area contributed by atoms with Gasteiger partial charge in [0.2, 0.25) is 0 Å². The van der Waals surface area contributed by atoms with Gasteiger partial charge < -0.3 is 15.0 Å². The largest absolute Gasteiger partial charge is 0.496 e. The minimum atomic E-state index is 0.116. The zero-order chi connectivity index (χ0) is 20.6. The van der Waals surface area contributed by atoms with E-state index in [9.17, 15) is 0 Å². The van der Waals surface area contributed by atoms with Crippen molar-refractivity contribution in [2.45, 2.75) is 45.7 Å². The van der Waals surface area contributed by atoms with Crippen molar-refractivity contribution in [3.63, 3.8) is 0 Å². The number of fused-ring (bicyclic) bond motifs is 1. The van der Waals surface area contributed by atoms with Gasteiger partial charge in [-0.05, 0) is 52.3 Å². The van der Waals surface area contributed by atoms with Gasteiger partial charge in [0.1, 0.15) is 11.6 Å². The number of methoxy groups -OCH3 is 1. The molecule has 1 aliphatic rings. The summed E-state index contributed by atoms with van der Waals surface area (Å²) in [6.07, 6.45) is 2.94. The first-order valence-electron chi connectivity index (χ1n) is 10.0. The molecule has 29 heavy (non-hydrogen) atoms. The zero-order valence-corrected chi connectivity index (χ0v) is 17.7. The number of hydrogen-bond acceptors (Lipinski definition) is 7. The molecular formula is C22H28N6O. The van der Waals surface area contributed by atoms with E-state index in [0.29, 0.717) is 6.04 Å². The summed E-state index contributed by atoms with van der Waals surface area (Å²) in [6.45, 7) is 10.4. The summed E-state index contributed by atoms with van der Waals surface area (Å²) in [5.74, 6) is 2.38. The molecular weight excluding hydrogens is 364 g/mol. The average molecular weight is 393 g/mol. The van der Waals surface area contributed by atoms with Gasteiger partial charge in [0.05, 0.1) is 18.3 Å². The number of nitrogens with one attached hydrogen (secondary N) is 1. The summed E-state index contributed by atoms with van der Waals surface area (Å²) in [5.41, 5.74) is 2.64. The maximum atomic E-state index is 5.59. The quantitative estimate of drug-likeness (QED) is 0.729. The van der Waals surface area contributed by atoms with E-state index < -0.39 is 0 Å². The predicted molar refractivity (Wildman–Crippen MR) is 115 cm³/mol. The minimum Gasteiger partial charge on any atom is -0.496 e. The summed E-state index contributed by atoms with van der Waals surface area (Å²) in [6, 6.07) is 8.46. The van der Waals surface area contributed by atoms with E-state index in [0.717, 1.165) is 59.1 Å². The third-order valence-electron chi connectivity index (χ3n) is 5.10. The number of anilines is 1. The van der Waals surface area contributed by atoms with Gasteiger partial charge in [0.15, 0.2) is 5.82 Å². The summed E-state index contributed by atoms with van der Waals surface area (Å²) in [7, 11) is 1.66. The molecule has 4 rings (SSSR count). The smallest absolute Gasteiger partial charge is 0.151 e. The standard InChI is InChI=1S/C22H28N6O/c1-14-23-12-15-10-17(20(29-5)11-19(15)24-14)18-6-7-21(27-26-18)28-9-8-16(13-28)25-22(2,3)4/h6-7,10-12,16,25H,8-9,13H2,1-5H3. The molecule has 1 fully saturated rings. The van der Waals surface area contributed by atoms with Crippen LogP contribution in [0.1, 0.15) is 33.0 Å². The van der Waals surface area contributed by atoms with E-state index in [1.165, 1.54) is 0 Å². The highest BCUT2D eigenvalue weighted by Gasteiger charge is 2.26. The Kier molecular flexibility index (Phi) is 5.08. The Labute approximate surface area is 171 Å². The van der Waals surface area contributed by atoms with Crippen LogP contribution in [0.25, 0.3) is 22.2 Å². The average Bonchev–Trinajstić information content (AvgIpc) is 3.13. The number of benzene rings is 1. The lowest BCUT2D eigenvalue weighted by Gasteiger charge is -2.26. The first-order chi connectivity index (χ1) is 13.8. The van der Waals surface area contributed by atoms with Crippen molar-refractivity contribution in [2.75, 3.05) is 25.1 Å². The van der Waals surface area contributed by atoms with Crippen molar-refractivity contribution in [2.24, 2.45) is 0 Å². The van der Waals surface area contributed by atoms with Crippen LogP contribution in [0.5, 0.6) is 5.75 Å². The fourth-order valence-electron chi connectivity index (χ4n) is 3.86. The fraction of sp³-hybridized carbons (Fsp3) is 0.455. The predicted octanol–water partition coefficient (Wildman–Crippen LogP) is 3.37. The molecule has 3 aromatic rings. The zero-order valence-electron chi connectivity index (χ0n) is 17.7. The monoisotopic (exact) mass is 392 g/mol. The van der Waals surface area contributed by atoms with Crippen molar-refractivity contribution >= 4 is 16.7 Å². The summed E-state index contributed by atoms with van der Waals surface area (Å²) in [5, 5.41) is 13.6. The number of aryl methyl sites for hydroxylation is 1. The normalized spacial score (nSPS) is 17.1. The van der Waals surface area contributed by atoms with Crippen molar-refractivity contribution in [1.29, 1.82) is 0 Å². The van der Waals surface area contributed by atoms with Crippen LogP contribution < -0.4 is 15.0 Å². The highest BCUT2D eigenvalue weighted by molar-refractivity contribution is 5.87. The molecule has 1 aliphatic heterocycles. The fourth-order valence-corrected chi connectivity index (χ4v) is 3.86. The van der Waals surface area contributed by atoms with E-state index in [1.54, 1.807) is 7.11 Å². The molecule has 1 N–H and O–H groups in total. The van der Waals surface area contributed by atoms with Crippen LogP contribution in [0.4, 0.5) is 5.82 Å². The molecule has 1 atom stereocenters. The van der Waals surface area contributed by atoms with Gasteiger partial charge in [-0.15, -0.1) is 10.2 Å². The van der Waals surface area contributed by atoms with Gasteiger partial charge in [-0.3, -0.25) is 0 Å². The molecule has 0 radical (unpaired) electrons. The lowest BCUT2D eigenvalue weighted by Crippen LogP contribution is -2.45. The highest BCUT2D eigenvalue weighted by Crippen LogP contribution is 2.32. The van der Waals surface area contributed by atoms with Crippen LogP contribution in [0.15, 0.2) is 30.5 Å². The van der Waals surface area contributed by atoms with Crippen LogP contribution in [0.2, 0.25) is 0 Å². The van der Waals surface area contributed by atoms with Crippen LogP contribution in [-0.4, -0.2) is 51.9 Å². The Bertz CT molecular complexity index is 1010. The topological polar surface area (TPSA) is 76.1 Å². The number of aromatic nitrogens is 4. The third-order valence-corrected chi connectivity index (χ3v) is 5.10. The molecule has 7 heteroatoms. The first-order valence-corrected chi connectivity index (χ1v) is 10.0. The third kappa shape index (κ3) is 4.29. The molecule has 7 nitrogen and oxygen atoms in total. The second kappa shape index (κ2) is 7.55. The van der Waals surface area contributed by atoms with Crippen LogP contribution in [0.3, 0.4) is 0 Å². The summed E-state index contributed by atoms with van der Waals surface area (Å²) >= 11 is 0. The second-order valence-corrected chi connectivity index (χ2v) is 8.63. The van der Waals surface area contributed by atoms with Gasteiger partial charge in [0.25, 0.3) is 0 Å². The Morgan fingerprint density at radius 2 is 2.00 bits per heavy atom. The van der Waals surface area contributed by atoms with Crippen LogP contribution in [0, 0.1) is 6.92 Å². The molecule has 3 heterocycles. The van der Waals surface area contributed by atoms with Crippen molar-refractivity contribution in [3.8, 4) is 17.0 Å². The van der Waals surface area contributed by atoms with Gasteiger partial charge in [0, 0.05) is 47.9 Å². The van der Waals surface area contributed by atoms with Crippen LogP contribution in [-0.2, 0) is 0 Å². The first kappa shape index (κ1) is 19.5. The molecule has 152 valence electrons. The molecule has 0 bridgehead atoms. The Hall–Kier alpha value is -2.80. The van der Waals surface area contributed by atoms with E-state index in [2.05, 4.69) is 51.2 Å². The summed E-state index contributed by atoms with van der Waals surface area (Å²) < 4.78 is 5.59. The maximum Gasteiger partial charge on any atom is 0.151 e. The SMILES string of the molecule is COc1cc2nc(C)ncc2cc1-c1ccc(N2CCC(NC(C)(C)C)C2)nn1. The Morgan fingerprint density at radius 3 is 2.69 bits per heavy atom. The van der Waals surface area contributed by atoms with E-state index >= 15 is 0 Å². The number of rotatable bonds is 4. The maximum absolute atomic E-state index is 5.59. The molecule has 1 saturated heterocycles. The van der Waals surface area contributed by atoms with E-state index in [4.69, 9.17) is 4.74 Å². The van der Waals surface area contributed by atoms with Crippen molar-refractivity contribution < 1.29 is 4.74 Å². The molecule has 2 aromatic heterocycles. The number of nitrogens with zero attached hydrogens (tertiary/aromatic N) is 5. The van der Waals surface area contributed by atoms with Gasteiger partial charge >= 0.3 is 0 Å². The van der Waals surface area contributed by atoms with E-state index in [1.807, 2.05) is 37.4 Å². The lowest BCUT2D eigenvalue weighted by molar-refractivity contribution is 0.373. The van der Waals surface area contributed by atoms with Crippen molar-refractivity contribution in [1.82, 2.24) is 25.5 Å². The second-order valence-electron chi connectivity index (χ2n) is 8.63. The molecule has 1 unspecified atom stereocenters. The molecule has 0 amide bonds. The molecule has 0 spiro atoms. The minimum absolute atomic E-state index is 0.116. The number of hydrogen-bond donors (Lipinski definition) is 1. The lowest BCUT2D eigenvalue weighted by atomic mass is 10.1. The molecule has 0 saturated carbocycles. The van der Waals surface area contributed by atoms with E-state index in [-0.39, 0.29) is 5.54 Å². The molecule has 0 aliphatic carbocycles. The van der Waals surface area contributed by atoms with Gasteiger partial charge in [-0.1, -0.05) is 0 Å². The van der Waals surface area contributed by atoms with Crippen LogP contribution >= 0.6 is 0 Å². The Balaban J connectivity index is 1.57. The van der Waals surface area contributed by atoms with Gasteiger partial charge in [-0.25, -0.2) is 9.97 Å². The Morgan fingerprint density at radius 1 is 1.17 bits per heavy atom. The number of ether oxygens (including phenoxy) is 1.